The number of hydrogen-bond donors (Lipinski definition) is 1. The summed E-state index contributed by atoms with van der Waals surface area (Å²) in [4.78, 5) is 8.54. The van der Waals surface area contributed by atoms with Crippen LogP contribution >= 0.6 is 22.6 Å². The topological polar surface area (TPSA) is 37.8 Å². The Morgan fingerprint density at radius 3 is 2.73 bits per heavy atom. The van der Waals surface area contributed by atoms with Gasteiger partial charge in [0.1, 0.15) is 0 Å². The Labute approximate surface area is 104 Å². The first kappa shape index (κ1) is 11.1. The van der Waals surface area contributed by atoms with E-state index in [1.807, 2.05) is 12.4 Å². The molecule has 82 valence electrons. The maximum absolute atomic E-state index is 4.27. The standard InChI is InChI=1S/C11H16IN3/c1-8-3-2-4-10(5-8)15-11-13-6-9(12)7-14-11/h6-8,10H,2-5H2,1H3,(H,13,14,15). The highest BCUT2D eigenvalue weighted by molar-refractivity contribution is 14.1. The van der Waals surface area contributed by atoms with Gasteiger partial charge in [-0.15, -0.1) is 0 Å². The number of rotatable bonds is 2. The molecule has 1 aliphatic rings. The van der Waals surface area contributed by atoms with Crippen LogP contribution in [0.2, 0.25) is 0 Å². The van der Waals surface area contributed by atoms with Gasteiger partial charge in [0.25, 0.3) is 0 Å². The molecule has 0 bridgehead atoms. The molecule has 0 aromatic carbocycles. The Morgan fingerprint density at radius 1 is 1.33 bits per heavy atom. The van der Waals surface area contributed by atoms with E-state index in [0.717, 1.165) is 15.4 Å². The Bertz CT molecular complexity index is 312. The van der Waals surface area contributed by atoms with Crippen LogP contribution in [-0.4, -0.2) is 16.0 Å². The van der Waals surface area contributed by atoms with Crippen molar-refractivity contribution in [1.82, 2.24) is 9.97 Å². The van der Waals surface area contributed by atoms with E-state index in [0.29, 0.717) is 6.04 Å². The maximum atomic E-state index is 4.27. The third-order valence-electron chi connectivity index (χ3n) is 2.89. The molecule has 1 aromatic rings. The van der Waals surface area contributed by atoms with E-state index in [1.165, 1.54) is 25.7 Å². The van der Waals surface area contributed by atoms with Crippen LogP contribution < -0.4 is 5.32 Å². The fourth-order valence-corrected chi connectivity index (χ4v) is 2.41. The summed E-state index contributed by atoms with van der Waals surface area (Å²) in [5, 5.41) is 3.41. The molecule has 3 nitrogen and oxygen atoms in total. The predicted octanol–water partition coefficient (Wildman–Crippen LogP) is 3.07. The highest BCUT2D eigenvalue weighted by atomic mass is 127. The van der Waals surface area contributed by atoms with E-state index in [2.05, 4.69) is 44.8 Å². The minimum atomic E-state index is 0.564. The summed E-state index contributed by atoms with van der Waals surface area (Å²) in [6, 6.07) is 0.564. The Balaban J connectivity index is 1.93. The van der Waals surface area contributed by atoms with E-state index >= 15 is 0 Å². The van der Waals surface area contributed by atoms with Crippen molar-refractivity contribution < 1.29 is 0 Å². The first-order valence-corrected chi connectivity index (χ1v) is 6.56. The lowest BCUT2D eigenvalue weighted by atomic mass is 9.87. The second kappa shape index (κ2) is 5.09. The van der Waals surface area contributed by atoms with Gasteiger partial charge in [0.2, 0.25) is 5.95 Å². The van der Waals surface area contributed by atoms with Crippen LogP contribution in [0.15, 0.2) is 12.4 Å². The molecule has 0 radical (unpaired) electrons. The number of nitrogens with one attached hydrogen (secondary N) is 1. The van der Waals surface area contributed by atoms with Gasteiger partial charge in [0.05, 0.1) is 0 Å². The zero-order chi connectivity index (χ0) is 10.7. The molecule has 2 rings (SSSR count). The third-order valence-corrected chi connectivity index (χ3v) is 3.45. The van der Waals surface area contributed by atoms with Gasteiger partial charge in [0.15, 0.2) is 0 Å². The van der Waals surface area contributed by atoms with E-state index in [4.69, 9.17) is 0 Å². The summed E-state index contributed by atoms with van der Waals surface area (Å²) in [5.74, 6) is 1.61. The molecular weight excluding hydrogens is 301 g/mol. The molecule has 4 heteroatoms. The minimum Gasteiger partial charge on any atom is -0.351 e. The average molecular weight is 317 g/mol. The minimum absolute atomic E-state index is 0.564. The van der Waals surface area contributed by atoms with Crippen LogP contribution in [-0.2, 0) is 0 Å². The molecule has 2 unspecified atom stereocenters. The van der Waals surface area contributed by atoms with Gasteiger partial charge in [-0.1, -0.05) is 19.8 Å². The van der Waals surface area contributed by atoms with Crippen molar-refractivity contribution in [1.29, 1.82) is 0 Å². The SMILES string of the molecule is CC1CCCC(Nc2ncc(I)cn2)C1. The molecule has 1 aromatic heterocycles. The van der Waals surface area contributed by atoms with E-state index in [-0.39, 0.29) is 0 Å². The molecule has 1 N–H and O–H groups in total. The lowest BCUT2D eigenvalue weighted by Gasteiger charge is -2.27. The predicted molar refractivity (Wildman–Crippen MR) is 69.8 cm³/mol. The first-order valence-electron chi connectivity index (χ1n) is 5.48. The monoisotopic (exact) mass is 317 g/mol. The number of halogens is 1. The van der Waals surface area contributed by atoms with Crippen molar-refractivity contribution >= 4 is 28.5 Å². The van der Waals surface area contributed by atoms with Gasteiger partial charge in [-0.25, -0.2) is 9.97 Å². The van der Waals surface area contributed by atoms with Crippen molar-refractivity contribution in [3.63, 3.8) is 0 Å². The largest absolute Gasteiger partial charge is 0.351 e. The van der Waals surface area contributed by atoms with Gasteiger partial charge >= 0.3 is 0 Å². The normalized spacial score (nSPS) is 26.3. The Morgan fingerprint density at radius 2 is 2.07 bits per heavy atom. The third kappa shape index (κ3) is 3.29. The zero-order valence-corrected chi connectivity index (χ0v) is 11.1. The molecule has 1 heterocycles. The highest BCUT2D eigenvalue weighted by Crippen LogP contribution is 2.25. The summed E-state index contributed by atoms with van der Waals surface area (Å²) in [7, 11) is 0. The molecule has 15 heavy (non-hydrogen) atoms. The van der Waals surface area contributed by atoms with Crippen LogP contribution in [0.4, 0.5) is 5.95 Å². The number of aromatic nitrogens is 2. The fraction of sp³-hybridized carbons (Fsp3) is 0.636. The highest BCUT2D eigenvalue weighted by Gasteiger charge is 2.18. The lowest BCUT2D eigenvalue weighted by Crippen LogP contribution is -2.27. The van der Waals surface area contributed by atoms with E-state index < -0.39 is 0 Å². The van der Waals surface area contributed by atoms with Crippen LogP contribution in [0, 0.1) is 9.49 Å². The van der Waals surface area contributed by atoms with Crippen LogP contribution in [0.1, 0.15) is 32.6 Å². The average Bonchev–Trinajstić information content (AvgIpc) is 2.22. The van der Waals surface area contributed by atoms with E-state index in [9.17, 15) is 0 Å². The summed E-state index contributed by atoms with van der Waals surface area (Å²) >= 11 is 2.22. The van der Waals surface area contributed by atoms with Crippen LogP contribution in [0.5, 0.6) is 0 Å². The molecule has 0 aliphatic heterocycles. The van der Waals surface area contributed by atoms with Crippen molar-refractivity contribution in [2.75, 3.05) is 5.32 Å². The van der Waals surface area contributed by atoms with Crippen molar-refractivity contribution in [3.8, 4) is 0 Å². The van der Waals surface area contributed by atoms with Crippen LogP contribution in [0.3, 0.4) is 0 Å². The summed E-state index contributed by atoms with van der Waals surface area (Å²) in [6.45, 7) is 2.32. The molecule has 0 spiro atoms. The molecular formula is C11H16IN3. The van der Waals surface area contributed by atoms with Gasteiger partial charge in [-0.05, 0) is 41.4 Å². The second-order valence-electron chi connectivity index (χ2n) is 4.34. The van der Waals surface area contributed by atoms with E-state index in [1.54, 1.807) is 0 Å². The Hall–Kier alpha value is -0.390. The van der Waals surface area contributed by atoms with Crippen molar-refractivity contribution in [2.45, 2.75) is 38.6 Å². The fourth-order valence-electron chi connectivity index (χ4n) is 2.13. The number of anilines is 1. The summed E-state index contributed by atoms with van der Waals surface area (Å²) in [5.41, 5.74) is 0. The van der Waals surface area contributed by atoms with Crippen molar-refractivity contribution in [3.05, 3.63) is 16.0 Å². The first-order chi connectivity index (χ1) is 7.24. The smallest absolute Gasteiger partial charge is 0.222 e. The molecule has 0 amide bonds. The Kier molecular flexibility index (Phi) is 3.77. The zero-order valence-electron chi connectivity index (χ0n) is 8.91. The van der Waals surface area contributed by atoms with Gasteiger partial charge in [-0.2, -0.15) is 0 Å². The molecule has 1 aliphatic carbocycles. The summed E-state index contributed by atoms with van der Waals surface area (Å²) < 4.78 is 1.08. The van der Waals surface area contributed by atoms with Crippen molar-refractivity contribution in [2.24, 2.45) is 5.92 Å². The van der Waals surface area contributed by atoms with Gasteiger partial charge in [0, 0.05) is 22.0 Å². The molecule has 1 saturated carbocycles. The molecule has 2 atom stereocenters. The quantitative estimate of drug-likeness (QED) is 0.852. The molecule has 1 fully saturated rings. The summed E-state index contributed by atoms with van der Waals surface area (Å²) in [6.07, 6.45) is 8.88. The number of hydrogen-bond acceptors (Lipinski definition) is 3. The maximum Gasteiger partial charge on any atom is 0.222 e. The van der Waals surface area contributed by atoms with Gasteiger partial charge < -0.3 is 5.32 Å². The van der Waals surface area contributed by atoms with Gasteiger partial charge in [-0.3, -0.25) is 0 Å². The molecule has 0 saturated heterocycles. The second-order valence-corrected chi connectivity index (χ2v) is 5.58. The lowest BCUT2D eigenvalue weighted by molar-refractivity contribution is 0.357. The van der Waals surface area contributed by atoms with Crippen LogP contribution in [0.25, 0.3) is 0 Å². The number of nitrogens with zero attached hydrogens (tertiary/aromatic N) is 2.